The van der Waals surface area contributed by atoms with Crippen LogP contribution in [0.4, 0.5) is 13.6 Å². The second-order valence-electron chi connectivity index (χ2n) is 4.57. The fourth-order valence-electron chi connectivity index (χ4n) is 2.19. The largest absolute Gasteiger partial charge is 0.329 e. The van der Waals surface area contributed by atoms with E-state index in [0.29, 0.717) is 18.7 Å². The normalized spacial score (nSPS) is 18.8. The molecule has 1 saturated heterocycles. The Bertz CT molecular complexity index is 467. The van der Waals surface area contributed by atoms with Crippen LogP contribution in [0.25, 0.3) is 0 Å². The van der Waals surface area contributed by atoms with E-state index in [1.54, 1.807) is 4.90 Å². The molecule has 0 aliphatic carbocycles. The number of amides is 2. The van der Waals surface area contributed by atoms with E-state index in [1.165, 1.54) is 12.1 Å². The summed E-state index contributed by atoms with van der Waals surface area (Å²) in [7, 11) is 1.85. The third kappa shape index (κ3) is 3.20. The molecule has 1 atom stereocenters. The highest BCUT2D eigenvalue weighted by Gasteiger charge is 2.30. The SMILES string of the molecule is CNCCCN1CC(c2ccc(F)cc2F)NC1=O. The smallest absolute Gasteiger partial charge is 0.318 e. The fourth-order valence-corrected chi connectivity index (χ4v) is 2.19. The summed E-state index contributed by atoms with van der Waals surface area (Å²) in [6, 6.07) is 2.80. The Morgan fingerprint density at radius 3 is 2.95 bits per heavy atom. The maximum absolute atomic E-state index is 13.6. The van der Waals surface area contributed by atoms with Crippen molar-refractivity contribution in [1.29, 1.82) is 0 Å². The first-order valence-electron chi connectivity index (χ1n) is 6.27. The summed E-state index contributed by atoms with van der Waals surface area (Å²) in [5.74, 6) is -1.24. The minimum atomic E-state index is -0.623. The molecule has 2 amide bonds. The second kappa shape index (κ2) is 5.97. The molecule has 19 heavy (non-hydrogen) atoms. The topological polar surface area (TPSA) is 44.4 Å². The second-order valence-corrected chi connectivity index (χ2v) is 4.57. The van der Waals surface area contributed by atoms with Crippen LogP contribution in [0.3, 0.4) is 0 Å². The van der Waals surface area contributed by atoms with Crippen LogP contribution in [0.1, 0.15) is 18.0 Å². The van der Waals surface area contributed by atoms with Crippen molar-refractivity contribution in [2.45, 2.75) is 12.5 Å². The predicted octanol–water partition coefficient (Wildman–Crippen LogP) is 1.64. The molecule has 1 aliphatic rings. The van der Waals surface area contributed by atoms with Crippen molar-refractivity contribution in [2.24, 2.45) is 0 Å². The average molecular weight is 269 g/mol. The Morgan fingerprint density at radius 1 is 1.47 bits per heavy atom. The Labute approximate surface area is 110 Å². The standard InChI is InChI=1S/C13H17F2N3O/c1-16-5-2-6-18-8-12(17-13(18)19)10-4-3-9(14)7-11(10)15/h3-4,7,12,16H,2,5-6,8H2,1H3,(H,17,19). The van der Waals surface area contributed by atoms with E-state index in [-0.39, 0.29) is 6.03 Å². The van der Waals surface area contributed by atoms with E-state index in [9.17, 15) is 13.6 Å². The Morgan fingerprint density at radius 2 is 2.26 bits per heavy atom. The van der Waals surface area contributed by atoms with Crippen molar-refractivity contribution in [2.75, 3.05) is 26.7 Å². The van der Waals surface area contributed by atoms with Gasteiger partial charge in [0.05, 0.1) is 6.04 Å². The molecule has 1 aromatic carbocycles. The van der Waals surface area contributed by atoms with Crippen LogP contribution in [-0.4, -0.2) is 37.6 Å². The number of carbonyl (C=O) groups is 1. The zero-order valence-corrected chi connectivity index (χ0v) is 10.7. The monoisotopic (exact) mass is 269 g/mol. The lowest BCUT2D eigenvalue weighted by molar-refractivity contribution is 0.217. The van der Waals surface area contributed by atoms with Crippen LogP contribution < -0.4 is 10.6 Å². The van der Waals surface area contributed by atoms with Gasteiger partial charge in [-0.05, 0) is 26.1 Å². The summed E-state index contributed by atoms with van der Waals surface area (Å²) < 4.78 is 26.5. The van der Waals surface area contributed by atoms with Crippen LogP contribution in [0.15, 0.2) is 18.2 Å². The Balaban J connectivity index is 2.01. The summed E-state index contributed by atoms with van der Waals surface area (Å²) >= 11 is 0. The van der Waals surface area contributed by atoms with Crippen molar-refractivity contribution in [3.63, 3.8) is 0 Å². The lowest BCUT2D eigenvalue weighted by Gasteiger charge is -2.14. The molecular formula is C13H17F2N3O. The van der Waals surface area contributed by atoms with Gasteiger partial charge in [-0.2, -0.15) is 0 Å². The molecule has 1 fully saturated rings. The lowest BCUT2D eigenvalue weighted by Crippen LogP contribution is -2.30. The van der Waals surface area contributed by atoms with E-state index in [2.05, 4.69) is 10.6 Å². The highest BCUT2D eigenvalue weighted by Crippen LogP contribution is 2.23. The molecule has 0 radical (unpaired) electrons. The van der Waals surface area contributed by atoms with E-state index in [4.69, 9.17) is 0 Å². The first-order chi connectivity index (χ1) is 9.11. The van der Waals surface area contributed by atoms with Crippen LogP contribution in [0, 0.1) is 11.6 Å². The van der Waals surface area contributed by atoms with Crippen molar-refractivity contribution >= 4 is 6.03 Å². The zero-order valence-electron chi connectivity index (χ0n) is 10.7. The summed E-state index contributed by atoms with van der Waals surface area (Å²) in [6.45, 7) is 1.84. The quantitative estimate of drug-likeness (QED) is 0.798. The molecule has 0 saturated carbocycles. The van der Waals surface area contributed by atoms with Gasteiger partial charge in [-0.15, -0.1) is 0 Å². The Kier molecular flexibility index (Phi) is 4.31. The van der Waals surface area contributed by atoms with Crippen molar-refractivity contribution < 1.29 is 13.6 Å². The number of benzene rings is 1. The summed E-state index contributed by atoms with van der Waals surface area (Å²) in [5.41, 5.74) is 0.325. The number of hydrogen-bond acceptors (Lipinski definition) is 2. The molecule has 2 rings (SSSR count). The molecule has 1 aliphatic heterocycles. The van der Waals surface area contributed by atoms with E-state index in [1.807, 2.05) is 7.05 Å². The average Bonchev–Trinajstić information content (AvgIpc) is 2.71. The first kappa shape index (κ1) is 13.7. The van der Waals surface area contributed by atoms with Crippen molar-refractivity contribution in [3.05, 3.63) is 35.4 Å². The Hall–Kier alpha value is -1.69. The molecule has 104 valence electrons. The predicted molar refractivity (Wildman–Crippen MR) is 67.7 cm³/mol. The first-order valence-corrected chi connectivity index (χ1v) is 6.27. The summed E-state index contributed by atoms with van der Waals surface area (Å²) in [6.07, 6.45) is 0.836. The minimum absolute atomic E-state index is 0.204. The molecule has 1 aromatic rings. The van der Waals surface area contributed by atoms with Crippen LogP contribution in [0.2, 0.25) is 0 Å². The van der Waals surface area contributed by atoms with Crippen molar-refractivity contribution in [1.82, 2.24) is 15.5 Å². The molecule has 0 bridgehead atoms. The molecule has 1 heterocycles. The molecule has 0 spiro atoms. The van der Waals surface area contributed by atoms with Gasteiger partial charge >= 0.3 is 6.03 Å². The minimum Gasteiger partial charge on any atom is -0.329 e. The van der Waals surface area contributed by atoms with Crippen molar-refractivity contribution in [3.8, 4) is 0 Å². The van der Waals surface area contributed by atoms with Gasteiger partial charge in [-0.25, -0.2) is 13.6 Å². The molecule has 0 aromatic heterocycles. The van der Waals surface area contributed by atoms with E-state index in [0.717, 1.165) is 19.0 Å². The van der Waals surface area contributed by atoms with Crippen LogP contribution in [-0.2, 0) is 0 Å². The number of rotatable bonds is 5. The molecular weight excluding hydrogens is 252 g/mol. The van der Waals surface area contributed by atoms with Gasteiger partial charge in [0.25, 0.3) is 0 Å². The molecule has 2 N–H and O–H groups in total. The highest BCUT2D eigenvalue weighted by molar-refractivity contribution is 5.77. The maximum atomic E-state index is 13.6. The van der Waals surface area contributed by atoms with Gasteiger partial charge in [0, 0.05) is 24.7 Å². The van der Waals surface area contributed by atoms with Gasteiger partial charge in [0.2, 0.25) is 0 Å². The third-order valence-corrected chi connectivity index (χ3v) is 3.18. The number of urea groups is 1. The number of halogens is 2. The van der Waals surface area contributed by atoms with Gasteiger partial charge in [-0.1, -0.05) is 6.07 Å². The van der Waals surface area contributed by atoms with Gasteiger partial charge in [-0.3, -0.25) is 0 Å². The molecule has 1 unspecified atom stereocenters. The third-order valence-electron chi connectivity index (χ3n) is 3.18. The highest BCUT2D eigenvalue weighted by atomic mass is 19.1. The summed E-state index contributed by atoms with van der Waals surface area (Å²) in [4.78, 5) is 13.4. The van der Waals surface area contributed by atoms with E-state index < -0.39 is 17.7 Å². The van der Waals surface area contributed by atoms with E-state index >= 15 is 0 Å². The van der Waals surface area contributed by atoms with Crippen LogP contribution >= 0.6 is 0 Å². The number of carbonyl (C=O) groups excluding carboxylic acids is 1. The van der Waals surface area contributed by atoms with Gasteiger partial charge < -0.3 is 15.5 Å². The number of hydrogen-bond donors (Lipinski definition) is 2. The number of nitrogens with zero attached hydrogens (tertiary/aromatic N) is 1. The maximum Gasteiger partial charge on any atom is 0.318 e. The van der Waals surface area contributed by atoms with Gasteiger partial charge in [0.1, 0.15) is 11.6 Å². The van der Waals surface area contributed by atoms with Crippen LogP contribution in [0.5, 0.6) is 0 Å². The van der Waals surface area contributed by atoms with Gasteiger partial charge in [0.15, 0.2) is 0 Å². The summed E-state index contributed by atoms with van der Waals surface area (Å²) in [5, 5.41) is 5.72. The fraction of sp³-hybridized carbons (Fsp3) is 0.462. The number of nitrogens with one attached hydrogen (secondary N) is 2. The lowest BCUT2D eigenvalue weighted by atomic mass is 10.1. The molecule has 6 heteroatoms. The zero-order chi connectivity index (χ0) is 13.8. The molecule has 4 nitrogen and oxygen atoms in total.